The third kappa shape index (κ3) is 6.07. The van der Waals surface area contributed by atoms with Gasteiger partial charge in [-0.2, -0.15) is 0 Å². The van der Waals surface area contributed by atoms with Crippen LogP contribution in [0.5, 0.6) is 0 Å². The Balaban J connectivity index is 0.000000191. The van der Waals surface area contributed by atoms with Crippen LogP contribution < -0.4 is 0 Å². The summed E-state index contributed by atoms with van der Waals surface area (Å²) in [5.74, 6) is 0.521. The second-order valence-corrected chi connectivity index (χ2v) is 5.91. The summed E-state index contributed by atoms with van der Waals surface area (Å²) < 4.78 is 1.92. The summed E-state index contributed by atoms with van der Waals surface area (Å²) in [7, 11) is 0. The molecule has 3 nitrogen and oxygen atoms in total. The van der Waals surface area contributed by atoms with Crippen LogP contribution in [0.4, 0.5) is 0 Å². The number of aromatic nitrogens is 2. The number of hydrogen-bond acceptors (Lipinski definition) is 3. The molecule has 0 unspecified atom stereocenters. The Morgan fingerprint density at radius 3 is 1.95 bits per heavy atom. The number of aldehydes is 1. The van der Waals surface area contributed by atoms with Crippen molar-refractivity contribution in [2.24, 2.45) is 0 Å². The molecule has 0 atom stereocenters. The van der Waals surface area contributed by atoms with Gasteiger partial charge in [0.1, 0.15) is 5.69 Å². The zero-order chi connectivity index (χ0) is 14.3. The number of halogens is 2. The second kappa shape index (κ2) is 8.17. The lowest BCUT2D eigenvalue weighted by atomic mass is 10.1. The van der Waals surface area contributed by atoms with E-state index in [1.54, 1.807) is 18.3 Å². The summed E-state index contributed by atoms with van der Waals surface area (Å²) in [6.07, 6.45) is 4.13. The zero-order valence-corrected chi connectivity index (χ0v) is 13.8. The molecule has 0 N–H and O–H groups in total. The number of hydrogen-bond donors (Lipinski definition) is 0. The van der Waals surface area contributed by atoms with Crippen molar-refractivity contribution in [3.05, 3.63) is 57.0 Å². The van der Waals surface area contributed by atoms with E-state index in [9.17, 15) is 4.79 Å². The Hall–Kier alpha value is -1.07. The lowest BCUT2D eigenvalue weighted by Crippen LogP contribution is -1.89. The van der Waals surface area contributed by atoms with Gasteiger partial charge < -0.3 is 0 Å². The van der Waals surface area contributed by atoms with Crippen molar-refractivity contribution in [3.63, 3.8) is 0 Å². The molecule has 0 radical (unpaired) electrons. The molecule has 0 saturated heterocycles. The minimum absolute atomic E-state index is 0.457. The van der Waals surface area contributed by atoms with Gasteiger partial charge in [0.05, 0.1) is 0 Å². The molecule has 2 rings (SSSR count). The predicted molar refractivity (Wildman–Crippen MR) is 83.4 cm³/mol. The molecule has 100 valence electrons. The molecule has 2 aromatic rings. The molecule has 2 heterocycles. The van der Waals surface area contributed by atoms with E-state index in [1.165, 1.54) is 0 Å². The standard InChI is InChI=1S/C8H10BrN.C6H4BrNO/c1-6(2)8-4-3-7(9)5-10-8;7-5-1-2-6(4-9)8-3-5/h3-6H,1-2H3;1-4H. The van der Waals surface area contributed by atoms with E-state index in [0.29, 0.717) is 17.9 Å². The average molecular weight is 386 g/mol. The van der Waals surface area contributed by atoms with Crippen molar-refractivity contribution in [1.29, 1.82) is 0 Å². The minimum atomic E-state index is 0.457. The molecular formula is C14H14Br2N2O. The number of rotatable bonds is 2. The van der Waals surface area contributed by atoms with E-state index in [0.717, 1.165) is 14.6 Å². The summed E-state index contributed by atoms with van der Waals surface area (Å²) in [4.78, 5) is 18.1. The van der Waals surface area contributed by atoms with E-state index in [4.69, 9.17) is 0 Å². The summed E-state index contributed by atoms with van der Waals surface area (Å²) in [5, 5.41) is 0. The molecular weight excluding hydrogens is 372 g/mol. The largest absolute Gasteiger partial charge is 0.296 e. The van der Waals surface area contributed by atoms with Gasteiger partial charge in [0.25, 0.3) is 0 Å². The highest BCUT2D eigenvalue weighted by Crippen LogP contribution is 2.13. The van der Waals surface area contributed by atoms with Crippen LogP contribution in [0.1, 0.15) is 35.9 Å². The fourth-order valence-electron chi connectivity index (χ4n) is 1.19. The van der Waals surface area contributed by atoms with Crippen molar-refractivity contribution in [1.82, 2.24) is 9.97 Å². The summed E-state index contributed by atoms with van der Waals surface area (Å²) in [6, 6.07) is 7.48. The van der Waals surface area contributed by atoms with Crippen molar-refractivity contribution >= 4 is 38.1 Å². The monoisotopic (exact) mass is 384 g/mol. The quantitative estimate of drug-likeness (QED) is 0.708. The van der Waals surface area contributed by atoms with E-state index >= 15 is 0 Å². The molecule has 0 bridgehead atoms. The molecule has 2 aromatic heterocycles. The van der Waals surface area contributed by atoms with Crippen molar-refractivity contribution in [3.8, 4) is 0 Å². The summed E-state index contributed by atoms with van der Waals surface area (Å²) in [6.45, 7) is 4.27. The summed E-state index contributed by atoms with van der Waals surface area (Å²) in [5.41, 5.74) is 1.60. The first-order chi connectivity index (χ1) is 9.02. The van der Waals surface area contributed by atoms with Crippen LogP contribution in [-0.2, 0) is 0 Å². The minimum Gasteiger partial charge on any atom is -0.296 e. The maximum atomic E-state index is 10.0. The van der Waals surface area contributed by atoms with Crippen LogP contribution in [0.2, 0.25) is 0 Å². The Bertz CT molecular complexity index is 510. The number of carbonyl (C=O) groups excluding carboxylic acids is 1. The van der Waals surface area contributed by atoms with Gasteiger partial charge in [-0.3, -0.25) is 14.8 Å². The zero-order valence-electron chi connectivity index (χ0n) is 10.7. The molecule has 0 aliphatic carbocycles. The first kappa shape index (κ1) is 16.0. The molecule has 0 aliphatic rings. The fourth-order valence-corrected chi connectivity index (χ4v) is 1.65. The topological polar surface area (TPSA) is 42.9 Å². The first-order valence-electron chi connectivity index (χ1n) is 5.71. The molecule has 19 heavy (non-hydrogen) atoms. The SMILES string of the molecule is CC(C)c1ccc(Br)cn1.O=Cc1ccc(Br)cn1. The number of carbonyl (C=O) groups is 1. The third-order valence-corrected chi connectivity index (χ3v) is 3.15. The van der Waals surface area contributed by atoms with Gasteiger partial charge in [-0.15, -0.1) is 0 Å². The lowest BCUT2D eigenvalue weighted by molar-refractivity contribution is 0.111. The normalized spacial score (nSPS) is 9.74. The Morgan fingerprint density at radius 2 is 1.58 bits per heavy atom. The highest BCUT2D eigenvalue weighted by atomic mass is 79.9. The molecule has 5 heteroatoms. The van der Waals surface area contributed by atoms with Gasteiger partial charge >= 0.3 is 0 Å². The van der Waals surface area contributed by atoms with Gasteiger partial charge in [-0.05, 0) is 62.0 Å². The van der Waals surface area contributed by atoms with Crippen LogP contribution in [0.3, 0.4) is 0 Å². The number of pyridine rings is 2. The van der Waals surface area contributed by atoms with Gasteiger partial charge in [-0.1, -0.05) is 13.8 Å². The van der Waals surface area contributed by atoms with Gasteiger partial charge in [0, 0.05) is 27.0 Å². The van der Waals surface area contributed by atoms with Crippen LogP contribution in [0.25, 0.3) is 0 Å². The maximum absolute atomic E-state index is 10.0. The van der Waals surface area contributed by atoms with Crippen LogP contribution >= 0.6 is 31.9 Å². The molecule has 0 fully saturated rings. The third-order valence-electron chi connectivity index (χ3n) is 2.21. The maximum Gasteiger partial charge on any atom is 0.168 e. The molecule has 0 spiro atoms. The van der Waals surface area contributed by atoms with E-state index in [2.05, 4.69) is 55.7 Å². The van der Waals surface area contributed by atoms with Crippen molar-refractivity contribution in [2.75, 3.05) is 0 Å². The molecule has 0 saturated carbocycles. The van der Waals surface area contributed by atoms with E-state index in [1.807, 2.05) is 18.3 Å². The Morgan fingerprint density at radius 1 is 1.00 bits per heavy atom. The Labute approximate surface area is 129 Å². The highest BCUT2D eigenvalue weighted by Gasteiger charge is 1.97. The molecule has 0 amide bonds. The highest BCUT2D eigenvalue weighted by molar-refractivity contribution is 9.10. The Kier molecular flexibility index (Phi) is 6.87. The van der Waals surface area contributed by atoms with E-state index < -0.39 is 0 Å². The van der Waals surface area contributed by atoms with Gasteiger partial charge in [-0.25, -0.2) is 0 Å². The van der Waals surface area contributed by atoms with Crippen molar-refractivity contribution in [2.45, 2.75) is 19.8 Å². The van der Waals surface area contributed by atoms with Crippen LogP contribution in [0, 0.1) is 0 Å². The molecule has 0 aliphatic heterocycles. The van der Waals surface area contributed by atoms with Crippen molar-refractivity contribution < 1.29 is 4.79 Å². The smallest absolute Gasteiger partial charge is 0.168 e. The van der Waals surface area contributed by atoms with Gasteiger partial charge in [0.15, 0.2) is 6.29 Å². The first-order valence-corrected chi connectivity index (χ1v) is 7.29. The fraction of sp³-hybridized carbons (Fsp3) is 0.214. The van der Waals surface area contributed by atoms with Crippen LogP contribution in [0.15, 0.2) is 45.6 Å². The van der Waals surface area contributed by atoms with Crippen LogP contribution in [-0.4, -0.2) is 16.3 Å². The molecule has 0 aromatic carbocycles. The summed E-state index contributed by atoms with van der Waals surface area (Å²) >= 11 is 6.53. The van der Waals surface area contributed by atoms with Gasteiger partial charge in [0.2, 0.25) is 0 Å². The number of nitrogens with zero attached hydrogens (tertiary/aromatic N) is 2. The average Bonchev–Trinajstić information content (AvgIpc) is 2.41. The predicted octanol–water partition coefficient (Wildman–Crippen LogP) is 4.62. The second-order valence-electron chi connectivity index (χ2n) is 4.08. The lowest BCUT2D eigenvalue weighted by Gasteiger charge is -2.01. The van der Waals surface area contributed by atoms with E-state index in [-0.39, 0.29) is 0 Å².